The number of phenolic OH excluding ortho intramolecular Hbond substituents is 1. The van der Waals surface area contributed by atoms with Crippen LogP contribution in [0.1, 0.15) is 20.8 Å². The number of sulfone groups is 1. The topological polar surface area (TPSA) is 159 Å². The lowest BCUT2D eigenvalue weighted by Crippen LogP contribution is -2.54. The minimum Gasteiger partial charge on any atom is -0.507 e. The van der Waals surface area contributed by atoms with Crippen molar-refractivity contribution in [3.05, 3.63) is 48.5 Å². The number of carbonyl (C=O) groups excluding carboxylic acids is 2. The highest BCUT2D eigenvalue weighted by molar-refractivity contribution is 7.91. The predicted molar refractivity (Wildman–Crippen MR) is 112 cm³/mol. The average molecular weight is 452 g/mol. The molecule has 0 aliphatic rings. The molecule has 0 bridgehead atoms. The van der Waals surface area contributed by atoms with Crippen LogP contribution in [0, 0.1) is 0 Å². The molecular weight excluding hydrogens is 426 g/mol. The van der Waals surface area contributed by atoms with E-state index in [0.29, 0.717) is 5.75 Å². The summed E-state index contributed by atoms with van der Waals surface area (Å²) in [5, 5.41) is 21.9. The van der Waals surface area contributed by atoms with Gasteiger partial charge in [0.25, 0.3) is 5.91 Å². The molecule has 10 nitrogen and oxygen atoms in total. The number of amides is 3. The minimum absolute atomic E-state index is 0.135. The largest absolute Gasteiger partial charge is 0.507 e. The Morgan fingerprint density at radius 1 is 1.13 bits per heavy atom. The number of hydrogen-bond acceptors (Lipinski definition) is 8. The molecule has 0 saturated carbocycles. The number of para-hydroxylation sites is 1. The normalized spacial score (nSPS) is 12.7. The van der Waals surface area contributed by atoms with E-state index in [-0.39, 0.29) is 10.8 Å². The van der Waals surface area contributed by atoms with E-state index in [4.69, 9.17) is 10.5 Å². The van der Waals surface area contributed by atoms with Crippen molar-refractivity contribution in [3.8, 4) is 17.2 Å². The second-order valence-electron chi connectivity index (χ2n) is 7.76. The molecule has 11 heteroatoms. The summed E-state index contributed by atoms with van der Waals surface area (Å²) in [4.78, 5) is 23.6. The quantitative estimate of drug-likeness (QED) is 0.383. The maximum absolute atomic E-state index is 12.7. The van der Waals surface area contributed by atoms with Crippen molar-refractivity contribution in [3.63, 3.8) is 0 Å². The lowest BCUT2D eigenvalue weighted by molar-refractivity contribution is -0.153. The van der Waals surface area contributed by atoms with Crippen LogP contribution in [0.2, 0.25) is 0 Å². The number of carbonyl (C=O) groups is 2. The molecule has 2 rings (SSSR count). The van der Waals surface area contributed by atoms with Gasteiger partial charge in [0.15, 0.2) is 9.84 Å². The molecule has 0 aliphatic carbocycles. The first-order valence-corrected chi connectivity index (χ1v) is 10.8. The summed E-state index contributed by atoms with van der Waals surface area (Å²) in [5.74, 6) is -2.26. The van der Waals surface area contributed by atoms with E-state index in [2.05, 4.69) is 5.32 Å². The van der Waals surface area contributed by atoms with Crippen LogP contribution >= 0.6 is 0 Å². The van der Waals surface area contributed by atoms with Crippen LogP contribution in [0.4, 0.5) is 4.79 Å². The number of hydroxylamine groups is 2. The Morgan fingerprint density at radius 2 is 1.74 bits per heavy atom. The fourth-order valence-corrected chi connectivity index (χ4v) is 3.94. The molecule has 0 unspecified atom stereocenters. The molecule has 2 aromatic rings. The van der Waals surface area contributed by atoms with Crippen molar-refractivity contribution in [2.24, 2.45) is 5.73 Å². The molecule has 3 amide bonds. The van der Waals surface area contributed by atoms with Gasteiger partial charge in [-0.05, 0) is 45.0 Å². The molecule has 0 aromatic heterocycles. The van der Waals surface area contributed by atoms with Gasteiger partial charge in [-0.2, -0.15) is 0 Å². The minimum atomic E-state index is -4.29. The molecule has 2 aromatic carbocycles. The summed E-state index contributed by atoms with van der Waals surface area (Å²) >= 11 is 0. The van der Waals surface area contributed by atoms with Crippen molar-refractivity contribution in [1.82, 2.24) is 10.4 Å². The zero-order valence-corrected chi connectivity index (χ0v) is 18.1. The van der Waals surface area contributed by atoms with E-state index in [1.807, 2.05) is 0 Å². The number of benzene rings is 2. The second kappa shape index (κ2) is 9.33. The van der Waals surface area contributed by atoms with Crippen LogP contribution in [-0.4, -0.2) is 53.1 Å². The summed E-state index contributed by atoms with van der Waals surface area (Å²) in [6.45, 7) is 4.88. The molecule has 0 heterocycles. The molecule has 0 spiro atoms. The van der Waals surface area contributed by atoms with Gasteiger partial charge in [0.2, 0.25) is 0 Å². The van der Waals surface area contributed by atoms with Crippen LogP contribution in [0.25, 0.3) is 0 Å². The van der Waals surface area contributed by atoms with Crippen LogP contribution in [0.5, 0.6) is 17.2 Å². The average Bonchev–Trinajstić information content (AvgIpc) is 2.67. The van der Waals surface area contributed by atoms with Gasteiger partial charge in [-0.1, -0.05) is 18.2 Å². The third kappa shape index (κ3) is 6.67. The monoisotopic (exact) mass is 451 g/mol. The first-order chi connectivity index (χ1) is 14.3. The smallest absolute Gasteiger partial charge is 0.349 e. The maximum Gasteiger partial charge on any atom is 0.349 e. The van der Waals surface area contributed by atoms with Gasteiger partial charge in [0, 0.05) is 11.6 Å². The van der Waals surface area contributed by atoms with Gasteiger partial charge in [0.05, 0.1) is 5.75 Å². The summed E-state index contributed by atoms with van der Waals surface area (Å²) in [6, 6.07) is 9.25. The van der Waals surface area contributed by atoms with Gasteiger partial charge in [0.1, 0.15) is 28.2 Å². The second-order valence-corrected chi connectivity index (χ2v) is 9.77. The first-order valence-electron chi connectivity index (χ1n) is 9.19. The molecular formula is C20H25N3O7S. The number of nitrogens with zero attached hydrogens (tertiary/aromatic N) is 1. The Bertz CT molecular complexity index is 1050. The fraction of sp³-hybridized carbons (Fsp3) is 0.300. The van der Waals surface area contributed by atoms with E-state index >= 15 is 0 Å². The van der Waals surface area contributed by atoms with Gasteiger partial charge in [-0.15, -0.1) is 5.06 Å². The summed E-state index contributed by atoms with van der Waals surface area (Å²) < 4.78 is 31.1. The highest BCUT2D eigenvalue weighted by atomic mass is 32.2. The van der Waals surface area contributed by atoms with Crippen molar-refractivity contribution >= 4 is 21.8 Å². The summed E-state index contributed by atoms with van der Waals surface area (Å²) in [7, 11) is -4.29. The number of phenols is 1. The molecule has 0 fully saturated rings. The first kappa shape index (κ1) is 24.1. The number of urea groups is 1. The molecule has 1 atom stereocenters. The van der Waals surface area contributed by atoms with Gasteiger partial charge < -0.3 is 20.9 Å². The number of ether oxygens (including phenoxy) is 1. The molecule has 0 aliphatic heterocycles. The molecule has 168 valence electrons. The van der Waals surface area contributed by atoms with Crippen LogP contribution in [0.3, 0.4) is 0 Å². The van der Waals surface area contributed by atoms with Crippen molar-refractivity contribution in [2.75, 3.05) is 5.75 Å². The Morgan fingerprint density at radius 3 is 2.32 bits per heavy atom. The maximum atomic E-state index is 12.7. The Balaban J connectivity index is 2.18. The Hall–Kier alpha value is -3.15. The number of aromatic hydroxyl groups is 1. The summed E-state index contributed by atoms with van der Waals surface area (Å²) in [5.41, 5.74) is 4.88. The van der Waals surface area contributed by atoms with Crippen LogP contribution in [0.15, 0.2) is 53.4 Å². The number of rotatable bonds is 6. The zero-order chi connectivity index (χ0) is 23.4. The van der Waals surface area contributed by atoms with E-state index in [1.54, 1.807) is 51.1 Å². The Labute approximate surface area is 180 Å². The lowest BCUT2D eigenvalue weighted by atomic mass is 10.1. The fourth-order valence-electron chi connectivity index (χ4n) is 2.46. The predicted octanol–water partition coefficient (Wildman–Crippen LogP) is 2.01. The van der Waals surface area contributed by atoms with E-state index in [1.165, 1.54) is 6.07 Å². The van der Waals surface area contributed by atoms with Gasteiger partial charge in [-0.25, -0.2) is 13.2 Å². The number of imide groups is 1. The van der Waals surface area contributed by atoms with E-state index < -0.39 is 49.8 Å². The third-order valence-electron chi connectivity index (χ3n) is 3.84. The SMILES string of the molecule is CC(C)(C)NC(=O)N(O)C(=O)[C@@H](N)CS(=O)(=O)c1cc(Oc2ccccc2)ccc1O. The van der Waals surface area contributed by atoms with Gasteiger partial charge >= 0.3 is 6.03 Å². The standard InChI is InChI=1S/C20H25N3O7S/c1-20(2,3)22-19(26)23(27)18(25)15(21)12-31(28,29)17-11-14(9-10-16(17)24)30-13-7-5-4-6-8-13/h4-11,15,24,27H,12,21H2,1-3H3,(H,22,26)/t15-/m0/s1. The number of nitrogens with one attached hydrogen (secondary N) is 1. The molecule has 0 radical (unpaired) electrons. The number of nitrogens with two attached hydrogens (primary N) is 1. The highest BCUT2D eigenvalue weighted by Crippen LogP contribution is 2.31. The van der Waals surface area contributed by atoms with E-state index in [0.717, 1.165) is 12.1 Å². The molecule has 0 saturated heterocycles. The van der Waals surface area contributed by atoms with Crippen LogP contribution < -0.4 is 15.8 Å². The zero-order valence-electron chi connectivity index (χ0n) is 17.3. The molecule has 31 heavy (non-hydrogen) atoms. The molecule has 5 N–H and O–H groups in total. The van der Waals surface area contributed by atoms with Gasteiger partial charge in [-0.3, -0.25) is 10.0 Å². The van der Waals surface area contributed by atoms with Crippen molar-refractivity contribution in [1.29, 1.82) is 0 Å². The van der Waals surface area contributed by atoms with Crippen molar-refractivity contribution < 1.29 is 33.1 Å². The Kier molecular flexibility index (Phi) is 7.26. The third-order valence-corrected chi connectivity index (χ3v) is 5.64. The van der Waals surface area contributed by atoms with E-state index in [9.17, 15) is 28.3 Å². The number of hydrogen-bond donors (Lipinski definition) is 4. The van der Waals surface area contributed by atoms with Crippen molar-refractivity contribution in [2.45, 2.75) is 37.2 Å². The summed E-state index contributed by atoms with van der Waals surface area (Å²) in [6.07, 6.45) is 0. The van der Waals surface area contributed by atoms with Crippen LogP contribution in [-0.2, 0) is 14.6 Å². The lowest BCUT2D eigenvalue weighted by Gasteiger charge is -2.24. The highest BCUT2D eigenvalue weighted by Gasteiger charge is 2.32.